The number of rotatable bonds is 4. The van der Waals surface area contributed by atoms with Gasteiger partial charge in [-0.1, -0.05) is 22.9 Å². The molecule has 1 unspecified atom stereocenters. The quantitative estimate of drug-likeness (QED) is 0.855. The molecule has 1 aromatic rings. The fourth-order valence-corrected chi connectivity index (χ4v) is 1.75. The number of hydrogen-bond acceptors (Lipinski definition) is 4. The average Bonchev–Trinajstić information content (AvgIpc) is 2.27. The van der Waals surface area contributed by atoms with Crippen LogP contribution in [0.15, 0.2) is 23.4 Å². The molecule has 17 heavy (non-hydrogen) atoms. The highest BCUT2D eigenvalue weighted by molar-refractivity contribution is 9.10. The normalized spacial score (nSPS) is 13.1. The molecular formula is C10H13BrN2O3S. The Labute approximate surface area is 109 Å². The van der Waals surface area contributed by atoms with E-state index >= 15 is 0 Å². The lowest BCUT2D eigenvalue weighted by atomic mass is 10.3. The Kier molecular flexibility index (Phi) is 4.64. The van der Waals surface area contributed by atoms with Crippen molar-refractivity contribution in [3.05, 3.63) is 18.3 Å². The molecule has 0 aliphatic heterocycles. The summed E-state index contributed by atoms with van der Waals surface area (Å²) in [5.74, 6) is -0.179. The number of carbonyl (C=O) groups is 1. The SMILES string of the molecule is CCC(Br)C(=O)Nc1ccc(S(C)(=O)=O)nc1. The van der Waals surface area contributed by atoms with Crippen LogP contribution in [0, 0.1) is 0 Å². The van der Waals surface area contributed by atoms with Crippen molar-refractivity contribution in [3.63, 3.8) is 0 Å². The number of amides is 1. The second-order valence-electron chi connectivity index (χ2n) is 3.52. The van der Waals surface area contributed by atoms with Crippen molar-refractivity contribution in [2.45, 2.75) is 23.2 Å². The Hall–Kier alpha value is -0.950. The van der Waals surface area contributed by atoms with E-state index in [0.29, 0.717) is 12.1 Å². The third-order valence-electron chi connectivity index (χ3n) is 2.03. The highest BCUT2D eigenvalue weighted by atomic mass is 79.9. The molecule has 0 radical (unpaired) electrons. The number of nitrogens with zero attached hydrogens (tertiary/aromatic N) is 1. The lowest BCUT2D eigenvalue weighted by Gasteiger charge is -2.08. The van der Waals surface area contributed by atoms with Crippen molar-refractivity contribution in [2.75, 3.05) is 11.6 Å². The Morgan fingerprint density at radius 3 is 2.59 bits per heavy atom. The van der Waals surface area contributed by atoms with E-state index in [2.05, 4.69) is 26.2 Å². The maximum absolute atomic E-state index is 11.5. The summed E-state index contributed by atoms with van der Waals surface area (Å²) < 4.78 is 22.3. The molecule has 0 fully saturated rings. The number of hydrogen-bond donors (Lipinski definition) is 1. The molecule has 0 saturated heterocycles. The first kappa shape index (κ1) is 14.1. The largest absolute Gasteiger partial charge is 0.324 e. The number of alkyl halides is 1. The summed E-state index contributed by atoms with van der Waals surface area (Å²) >= 11 is 3.22. The molecular weight excluding hydrogens is 308 g/mol. The second-order valence-corrected chi connectivity index (χ2v) is 6.59. The van der Waals surface area contributed by atoms with Gasteiger partial charge < -0.3 is 5.32 Å². The third kappa shape index (κ3) is 4.08. The number of sulfone groups is 1. The summed E-state index contributed by atoms with van der Waals surface area (Å²) in [6, 6.07) is 2.87. The first-order valence-corrected chi connectivity index (χ1v) is 7.76. The van der Waals surface area contributed by atoms with E-state index < -0.39 is 9.84 Å². The van der Waals surface area contributed by atoms with Crippen LogP contribution < -0.4 is 5.32 Å². The van der Waals surface area contributed by atoms with Crippen molar-refractivity contribution in [2.24, 2.45) is 0 Å². The molecule has 1 rings (SSSR count). The standard InChI is InChI=1S/C10H13BrN2O3S/c1-3-8(11)10(14)13-7-4-5-9(12-6-7)17(2,15)16/h4-6,8H,3H2,1-2H3,(H,13,14). The number of halogens is 1. The predicted molar refractivity (Wildman–Crippen MR) is 69.0 cm³/mol. The summed E-state index contributed by atoms with van der Waals surface area (Å²) in [5, 5.41) is 2.62. The zero-order valence-corrected chi connectivity index (χ0v) is 11.9. The van der Waals surface area contributed by atoms with Crippen LogP contribution >= 0.6 is 15.9 Å². The smallest absolute Gasteiger partial charge is 0.238 e. The van der Waals surface area contributed by atoms with Gasteiger partial charge in [0.05, 0.1) is 16.7 Å². The van der Waals surface area contributed by atoms with Gasteiger partial charge in [0.25, 0.3) is 0 Å². The molecule has 0 aliphatic carbocycles. The first-order chi connectivity index (χ1) is 7.84. The number of carbonyl (C=O) groups excluding carboxylic acids is 1. The van der Waals surface area contributed by atoms with E-state index in [-0.39, 0.29) is 15.8 Å². The number of aromatic nitrogens is 1. The highest BCUT2D eigenvalue weighted by Gasteiger charge is 2.13. The zero-order valence-electron chi connectivity index (χ0n) is 9.47. The van der Waals surface area contributed by atoms with Gasteiger partial charge >= 0.3 is 0 Å². The minimum atomic E-state index is -3.30. The monoisotopic (exact) mass is 320 g/mol. The average molecular weight is 321 g/mol. The molecule has 7 heteroatoms. The molecule has 1 N–H and O–H groups in total. The molecule has 0 aromatic carbocycles. The van der Waals surface area contributed by atoms with Crippen molar-refractivity contribution < 1.29 is 13.2 Å². The van der Waals surface area contributed by atoms with Crippen molar-refractivity contribution >= 4 is 37.4 Å². The predicted octanol–water partition coefficient (Wildman–Crippen LogP) is 1.60. The highest BCUT2D eigenvalue weighted by Crippen LogP contribution is 2.12. The van der Waals surface area contributed by atoms with Crippen LogP contribution in [0.2, 0.25) is 0 Å². The molecule has 1 amide bonds. The van der Waals surface area contributed by atoms with Gasteiger partial charge in [-0.25, -0.2) is 13.4 Å². The minimum Gasteiger partial charge on any atom is -0.324 e. The van der Waals surface area contributed by atoms with Crippen LogP contribution in [0.1, 0.15) is 13.3 Å². The maximum atomic E-state index is 11.5. The van der Waals surface area contributed by atoms with E-state index in [9.17, 15) is 13.2 Å². The lowest BCUT2D eigenvalue weighted by Crippen LogP contribution is -2.22. The van der Waals surface area contributed by atoms with Crippen LogP contribution in [0.4, 0.5) is 5.69 Å². The van der Waals surface area contributed by atoms with Crippen LogP contribution in [-0.4, -0.2) is 30.4 Å². The van der Waals surface area contributed by atoms with Gasteiger partial charge in [-0.15, -0.1) is 0 Å². The van der Waals surface area contributed by atoms with Gasteiger partial charge in [0.2, 0.25) is 5.91 Å². The number of nitrogens with one attached hydrogen (secondary N) is 1. The van der Waals surface area contributed by atoms with Gasteiger partial charge in [0, 0.05) is 6.26 Å². The summed E-state index contributed by atoms with van der Waals surface area (Å²) in [4.78, 5) is 15.0. The summed E-state index contributed by atoms with van der Waals surface area (Å²) in [6.07, 6.45) is 3.07. The van der Waals surface area contributed by atoms with Gasteiger partial charge in [-0.05, 0) is 18.6 Å². The molecule has 94 valence electrons. The third-order valence-corrected chi connectivity index (χ3v) is 4.09. The van der Waals surface area contributed by atoms with E-state index in [1.165, 1.54) is 18.3 Å². The lowest BCUT2D eigenvalue weighted by molar-refractivity contribution is -0.115. The van der Waals surface area contributed by atoms with E-state index in [1.807, 2.05) is 6.92 Å². The molecule has 0 spiro atoms. The molecule has 0 aliphatic rings. The second kappa shape index (κ2) is 5.59. The van der Waals surface area contributed by atoms with Gasteiger partial charge in [0.15, 0.2) is 14.9 Å². The first-order valence-electron chi connectivity index (χ1n) is 4.95. The van der Waals surface area contributed by atoms with Crippen molar-refractivity contribution in [1.29, 1.82) is 0 Å². The van der Waals surface area contributed by atoms with Crippen molar-refractivity contribution in [3.8, 4) is 0 Å². The van der Waals surface area contributed by atoms with Gasteiger partial charge in [-0.3, -0.25) is 4.79 Å². The Bertz CT molecular complexity index is 499. The topological polar surface area (TPSA) is 76.1 Å². The Morgan fingerprint density at radius 2 is 2.18 bits per heavy atom. The van der Waals surface area contributed by atoms with E-state index in [1.54, 1.807) is 0 Å². The molecule has 1 heterocycles. The van der Waals surface area contributed by atoms with Gasteiger partial charge in [-0.2, -0.15) is 0 Å². The number of anilines is 1. The van der Waals surface area contributed by atoms with E-state index in [0.717, 1.165) is 6.26 Å². The fourth-order valence-electron chi connectivity index (χ4n) is 1.08. The Morgan fingerprint density at radius 1 is 1.53 bits per heavy atom. The summed E-state index contributed by atoms with van der Waals surface area (Å²) in [5.41, 5.74) is 0.473. The maximum Gasteiger partial charge on any atom is 0.238 e. The Balaban J connectivity index is 2.79. The van der Waals surface area contributed by atoms with E-state index in [4.69, 9.17) is 0 Å². The summed E-state index contributed by atoms with van der Waals surface area (Å²) in [6.45, 7) is 1.88. The fraction of sp³-hybridized carbons (Fsp3) is 0.400. The molecule has 1 atom stereocenters. The van der Waals surface area contributed by atoms with Gasteiger partial charge in [0.1, 0.15) is 0 Å². The van der Waals surface area contributed by atoms with Crippen LogP contribution in [0.5, 0.6) is 0 Å². The van der Waals surface area contributed by atoms with Crippen LogP contribution in [0.3, 0.4) is 0 Å². The zero-order chi connectivity index (χ0) is 13.1. The molecule has 0 bridgehead atoms. The summed E-state index contributed by atoms with van der Waals surface area (Å²) in [7, 11) is -3.30. The minimum absolute atomic E-state index is 0.0126. The van der Waals surface area contributed by atoms with Crippen LogP contribution in [-0.2, 0) is 14.6 Å². The molecule has 0 saturated carbocycles. The van der Waals surface area contributed by atoms with Crippen LogP contribution in [0.25, 0.3) is 0 Å². The molecule has 5 nitrogen and oxygen atoms in total. The number of pyridine rings is 1. The molecule has 1 aromatic heterocycles. The van der Waals surface area contributed by atoms with Crippen molar-refractivity contribution in [1.82, 2.24) is 4.98 Å².